The van der Waals surface area contributed by atoms with E-state index in [2.05, 4.69) is 10.2 Å². The van der Waals surface area contributed by atoms with E-state index in [-0.39, 0.29) is 23.8 Å². The lowest BCUT2D eigenvalue weighted by Gasteiger charge is -2.34. The minimum atomic E-state index is -0.507. The van der Waals surface area contributed by atoms with Crippen LogP contribution >= 0.6 is 0 Å². The van der Waals surface area contributed by atoms with Crippen LogP contribution in [0.1, 0.15) is 27.2 Å². The zero-order valence-electron chi connectivity index (χ0n) is 8.96. The monoisotopic (exact) mass is 200 g/mol. The van der Waals surface area contributed by atoms with Crippen molar-refractivity contribution in [3.8, 4) is 0 Å². The maximum Gasteiger partial charge on any atom is 0.325 e. The zero-order chi connectivity index (χ0) is 10.9. The number of amides is 1. The number of nitrogens with one attached hydrogen (secondary N) is 1. The van der Waals surface area contributed by atoms with E-state index < -0.39 is 6.04 Å². The number of nitrogens with zero attached hydrogens (tertiary/aromatic N) is 1. The van der Waals surface area contributed by atoms with Crippen LogP contribution in [0.5, 0.6) is 0 Å². The molecule has 5 nitrogen and oxygen atoms in total. The Hall–Kier alpha value is -1.10. The number of rotatable bonds is 1. The van der Waals surface area contributed by atoms with Crippen LogP contribution in [-0.4, -0.2) is 35.6 Å². The average molecular weight is 200 g/mol. The van der Waals surface area contributed by atoms with Gasteiger partial charge in [-0.2, -0.15) is 0 Å². The predicted molar refractivity (Wildman–Crippen MR) is 50.2 cm³/mol. The molecule has 0 aliphatic carbocycles. The number of carbonyl (C=O) groups is 2. The lowest BCUT2D eigenvalue weighted by atomic mass is 10.1. The van der Waals surface area contributed by atoms with Gasteiger partial charge in [0.05, 0.1) is 13.5 Å². The molecular weight excluding hydrogens is 184 g/mol. The summed E-state index contributed by atoms with van der Waals surface area (Å²) in [5.41, 5.74) is 2.37. The van der Waals surface area contributed by atoms with Crippen molar-refractivity contribution >= 4 is 11.9 Å². The first-order valence-electron chi connectivity index (χ1n) is 4.53. The number of carbonyl (C=O) groups excluding carboxylic acids is 2. The highest BCUT2D eigenvalue weighted by Gasteiger charge is 2.42. The number of methoxy groups -OCH3 is 1. The number of hydrogen-bond acceptors (Lipinski definition) is 4. The molecule has 1 fully saturated rings. The van der Waals surface area contributed by atoms with Crippen LogP contribution in [-0.2, 0) is 14.3 Å². The average Bonchev–Trinajstić information content (AvgIpc) is 2.45. The van der Waals surface area contributed by atoms with Crippen molar-refractivity contribution in [3.05, 3.63) is 0 Å². The van der Waals surface area contributed by atoms with Gasteiger partial charge in [0.15, 0.2) is 0 Å². The molecule has 1 heterocycles. The second-order valence-electron chi connectivity index (χ2n) is 4.32. The third-order valence-corrected chi connectivity index (χ3v) is 2.13. The molecule has 1 unspecified atom stereocenters. The predicted octanol–water partition coefficient (Wildman–Crippen LogP) is 0.0634. The summed E-state index contributed by atoms with van der Waals surface area (Å²) in [5, 5.41) is 1.64. The van der Waals surface area contributed by atoms with Crippen molar-refractivity contribution in [2.24, 2.45) is 0 Å². The van der Waals surface area contributed by atoms with Crippen LogP contribution in [0.25, 0.3) is 0 Å². The molecule has 1 rings (SSSR count). The van der Waals surface area contributed by atoms with Crippen LogP contribution in [0.2, 0.25) is 0 Å². The van der Waals surface area contributed by atoms with E-state index in [0.29, 0.717) is 0 Å². The molecule has 0 aromatic rings. The van der Waals surface area contributed by atoms with E-state index in [4.69, 9.17) is 0 Å². The van der Waals surface area contributed by atoms with Gasteiger partial charge in [-0.3, -0.25) is 15.0 Å². The first-order valence-corrected chi connectivity index (χ1v) is 4.53. The van der Waals surface area contributed by atoms with E-state index in [1.54, 1.807) is 5.01 Å². The van der Waals surface area contributed by atoms with E-state index in [1.807, 2.05) is 20.8 Å². The maximum absolute atomic E-state index is 11.4. The second-order valence-corrected chi connectivity index (χ2v) is 4.32. The van der Waals surface area contributed by atoms with Gasteiger partial charge < -0.3 is 4.74 Å². The SMILES string of the molecule is COC(=O)C1CC(=O)NN1C(C)(C)C. The fourth-order valence-corrected chi connectivity index (χ4v) is 1.48. The molecule has 1 saturated heterocycles. The molecule has 1 amide bonds. The normalized spacial score (nSPS) is 23.4. The van der Waals surface area contributed by atoms with Gasteiger partial charge in [0.2, 0.25) is 5.91 Å². The maximum atomic E-state index is 11.4. The van der Waals surface area contributed by atoms with Crippen molar-refractivity contribution in [2.75, 3.05) is 7.11 Å². The van der Waals surface area contributed by atoms with Crippen LogP contribution < -0.4 is 5.43 Å². The van der Waals surface area contributed by atoms with Crippen LogP contribution in [0.4, 0.5) is 0 Å². The number of hydrazine groups is 1. The summed E-state index contributed by atoms with van der Waals surface area (Å²) in [5.74, 6) is -0.520. The van der Waals surface area contributed by atoms with Gasteiger partial charge in [0.1, 0.15) is 6.04 Å². The molecule has 1 N–H and O–H groups in total. The molecule has 14 heavy (non-hydrogen) atoms. The Kier molecular flexibility index (Phi) is 2.80. The summed E-state index contributed by atoms with van der Waals surface area (Å²) < 4.78 is 4.64. The molecule has 0 aromatic heterocycles. The smallest absolute Gasteiger partial charge is 0.325 e. The quantitative estimate of drug-likeness (QED) is 0.608. The molecule has 1 aliphatic rings. The molecule has 0 spiro atoms. The minimum Gasteiger partial charge on any atom is -0.468 e. The summed E-state index contributed by atoms with van der Waals surface area (Å²) in [7, 11) is 1.33. The van der Waals surface area contributed by atoms with Crippen molar-refractivity contribution in [2.45, 2.75) is 38.8 Å². The largest absolute Gasteiger partial charge is 0.468 e. The van der Waals surface area contributed by atoms with Gasteiger partial charge in [0.25, 0.3) is 0 Å². The van der Waals surface area contributed by atoms with Gasteiger partial charge >= 0.3 is 5.97 Å². The molecule has 1 atom stereocenters. The molecule has 0 bridgehead atoms. The third-order valence-electron chi connectivity index (χ3n) is 2.13. The second kappa shape index (κ2) is 3.57. The number of ether oxygens (including phenoxy) is 1. The van der Waals surface area contributed by atoms with Crippen molar-refractivity contribution in [1.82, 2.24) is 10.4 Å². The number of esters is 1. The van der Waals surface area contributed by atoms with Crippen molar-refractivity contribution in [3.63, 3.8) is 0 Å². The van der Waals surface area contributed by atoms with Gasteiger partial charge in [-0.15, -0.1) is 0 Å². The Morgan fingerprint density at radius 1 is 1.57 bits per heavy atom. The Labute approximate surface area is 83.4 Å². The van der Waals surface area contributed by atoms with E-state index in [0.717, 1.165) is 0 Å². The summed E-state index contributed by atoms with van der Waals surface area (Å²) >= 11 is 0. The number of hydrogen-bond donors (Lipinski definition) is 1. The Bertz CT molecular complexity index is 257. The summed E-state index contributed by atoms with van der Waals surface area (Å²) in [6, 6.07) is -0.507. The van der Waals surface area contributed by atoms with E-state index in [9.17, 15) is 9.59 Å². The Morgan fingerprint density at radius 3 is 2.57 bits per heavy atom. The van der Waals surface area contributed by atoms with Crippen LogP contribution in [0.15, 0.2) is 0 Å². The van der Waals surface area contributed by atoms with Crippen LogP contribution in [0, 0.1) is 0 Å². The fraction of sp³-hybridized carbons (Fsp3) is 0.778. The summed E-state index contributed by atoms with van der Waals surface area (Å²) in [6.45, 7) is 5.78. The van der Waals surface area contributed by atoms with Gasteiger partial charge in [-0.1, -0.05) is 0 Å². The molecular formula is C9H16N2O3. The third kappa shape index (κ3) is 2.04. The van der Waals surface area contributed by atoms with E-state index in [1.165, 1.54) is 7.11 Å². The highest BCUT2D eigenvalue weighted by Crippen LogP contribution is 2.21. The first-order chi connectivity index (χ1) is 6.36. The highest BCUT2D eigenvalue weighted by atomic mass is 16.5. The van der Waals surface area contributed by atoms with Gasteiger partial charge in [-0.25, -0.2) is 5.01 Å². The van der Waals surface area contributed by atoms with Gasteiger partial charge in [-0.05, 0) is 20.8 Å². The van der Waals surface area contributed by atoms with Gasteiger partial charge in [0, 0.05) is 5.54 Å². The highest BCUT2D eigenvalue weighted by molar-refractivity contribution is 5.88. The zero-order valence-corrected chi connectivity index (χ0v) is 8.96. The lowest BCUT2D eigenvalue weighted by molar-refractivity contribution is -0.148. The van der Waals surface area contributed by atoms with Crippen molar-refractivity contribution < 1.29 is 14.3 Å². The first kappa shape index (κ1) is 11.0. The van der Waals surface area contributed by atoms with Crippen LogP contribution in [0.3, 0.4) is 0 Å². The molecule has 0 radical (unpaired) electrons. The summed E-state index contributed by atoms with van der Waals surface area (Å²) in [6.07, 6.45) is 0.171. The minimum absolute atomic E-state index is 0.143. The van der Waals surface area contributed by atoms with Crippen molar-refractivity contribution in [1.29, 1.82) is 0 Å². The standard InChI is InChI=1S/C9H16N2O3/c1-9(2,3)11-6(8(13)14-4)5-7(12)10-11/h6H,5H2,1-4H3,(H,10,12). The molecule has 1 aliphatic heterocycles. The lowest BCUT2D eigenvalue weighted by Crippen LogP contribution is -2.53. The molecule has 5 heteroatoms. The summed E-state index contributed by atoms with van der Waals surface area (Å²) in [4.78, 5) is 22.5. The molecule has 80 valence electrons. The van der Waals surface area contributed by atoms with E-state index >= 15 is 0 Å². The molecule has 0 aromatic carbocycles. The Morgan fingerprint density at radius 2 is 2.14 bits per heavy atom. The fourth-order valence-electron chi connectivity index (χ4n) is 1.48. The topological polar surface area (TPSA) is 58.6 Å². The Balaban J connectivity index is 2.83. The molecule has 0 saturated carbocycles.